The van der Waals surface area contributed by atoms with E-state index < -0.39 is 0 Å². The largest absolute Gasteiger partial charge is 0.349 e. The molecule has 2 aromatic rings. The lowest BCUT2D eigenvalue weighted by Gasteiger charge is -2.12. The van der Waals surface area contributed by atoms with Crippen LogP contribution < -0.4 is 11.1 Å². The van der Waals surface area contributed by atoms with E-state index in [4.69, 9.17) is 5.73 Å². The molecule has 0 aliphatic heterocycles. The van der Waals surface area contributed by atoms with Crippen LogP contribution in [-0.2, 0) is 0 Å². The lowest BCUT2D eigenvalue weighted by atomic mass is 10.1. The zero-order valence-electron chi connectivity index (χ0n) is 9.04. The zero-order chi connectivity index (χ0) is 12.1. The third kappa shape index (κ3) is 3.08. The van der Waals surface area contributed by atoms with Gasteiger partial charge in [0.15, 0.2) is 5.69 Å². The molecule has 0 radical (unpaired) electrons. The van der Waals surface area contributed by atoms with Crippen molar-refractivity contribution < 1.29 is 4.79 Å². The molecule has 0 bridgehead atoms. The first kappa shape index (κ1) is 11.7. The summed E-state index contributed by atoms with van der Waals surface area (Å²) in [4.78, 5) is 11.6. The predicted molar refractivity (Wildman–Crippen MR) is 65.6 cm³/mol. The molecule has 0 fully saturated rings. The molecule has 6 heteroatoms. The summed E-state index contributed by atoms with van der Waals surface area (Å²) in [7, 11) is 0. The fourth-order valence-corrected chi connectivity index (χ4v) is 1.81. The maximum atomic E-state index is 11.6. The molecule has 1 aromatic heterocycles. The monoisotopic (exact) mass is 248 g/mol. The number of nitrogens with two attached hydrogens (primary N) is 1. The molecule has 2 rings (SSSR count). The summed E-state index contributed by atoms with van der Waals surface area (Å²) in [6.07, 6.45) is 0. The molecule has 1 atom stereocenters. The quantitative estimate of drug-likeness (QED) is 0.844. The van der Waals surface area contributed by atoms with Crippen molar-refractivity contribution in [2.45, 2.75) is 6.04 Å². The van der Waals surface area contributed by atoms with Crippen molar-refractivity contribution in [2.24, 2.45) is 5.73 Å². The summed E-state index contributed by atoms with van der Waals surface area (Å²) in [5.74, 6) is -0.245. The van der Waals surface area contributed by atoms with Crippen LogP contribution in [0.4, 0.5) is 0 Å². The normalized spacial score (nSPS) is 12.1. The molecule has 0 saturated carbocycles. The summed E-state index contributed by atoms with van der Waals surface area (Å²) < 4.78 is 3.63. The Morgan fingerprint density at radius 1 is 1.41 bits per heavy atom. The maximum absolute atomic E-state index is 11.6. The maximum Gasteiger partial charge on any atom is 0.272 e. The van der Waals surface area contributed by atoms with Crippen LogP contribution in [0.3, 0.4) is 0 Å². The van der Waals surface area contributed by atoms with Gasteiger partial charge >= 0.3 is 0 Å². The summed E-state index contributed by atoms with van der Waals surface area (Å²) >= 11 is 1.15. The summed E-state index contributed by atoms with van der Waals surface area (Å²) in [6.45, 7) is 0.375. The Hall–Kier alpha value is -1.79. The van der Waals surface area contributed by atoms with Crippen LogP contribution in [0, 0.1) is 0 Å². The Labute approximate surface area is 103 Å². The van der Waals surface area contributed by atoms with E-state index in [-0.39, 0.29) is 11.9 Å². The van der Waals surface area contributed by atoms with Crippen molar-refractivity contribution in [2.75, 3.05) is 6.54 Å². The van der Waals surface area contributed by atoms with Crippen molar-refractivity contribution in [1.82, 2.24) is 14.9 Å². The minimum absolute atomic E-state index is 0.216. The Kier molecular flexibility index (Phi) is 3.79. The molecule has 0 aliphatic carbocycles. The molecule has 3 N–H and O–H groups in total. The first-order chi connectivity index (χ1) is 8.27. The zero-order valence-corrected chi connectivity index (χ0v) is 9.85. The van der Waals surface area contributed by atoms with Crippen LogP contribution in [0.15, 0.2) is 35.7 Å². The molecule has 88 valence electrons. The van der Waals surface area contributed by atoms with E-state index in [1.165, 1.54) is 0 Å². The van der Waals surface area contributed by atoms with Gasteiger partial charge in [-0.2, -0.15) is 0 Å². The molecule has 1 amide bonds. The summed E-state index contributed by atoms with van der Waals surface area (Å²) in [6, 6.07) is 9.41. The van der Waals surface area contributed by atoms with Gasteiger partial charge in [0, 0.05) is 18.0 Å². The van der Waals surface area contributed by atoms with Crippen LogP contribution in [0.5, 0.6) is 0 Å². The minimum atomic E-state index is -0.245. The number of amides is 1. The highest BCUT2D eigenvalue weighted by Crippen LogP contribution is 2.08. The molecule has 17 heavy (non-hydrogen) atoms. The van der Waals surface area contributed by atoms with Crippen LogP contribution in [-0.4, -0.2) is 22.0 Å². The number of hydrogen-bond acceptors (Lipinski definition) is 5. The minimum Gasteiger partial charge on any atom is -0.349 e. The second kappa shape index (κ2) is 5.51. The predicted octanol–water partition coefficient (Wildman–Crippen LogP) is 0.968. The van der Waals surface area contributed by atoms with Gasteiger partial charge in [-0.15, -0.1) is 5.10 Å². The molecule has 1 aromatic carbocycles. The molecule has 5 nitrogen and oxygen atoms in total. The third-order valence-corrected chi connectivity index (χ3v) is 2.81. The second-order valence-electron chi connectivity index (χ2n) is 3.52. The van der Waals surface area contributed by atoms with Gasteiger partial charge in [0.25, 0.3) is 5.91 Å². The van der Waals surface area contributed by atoms with E-state index in [0.717, 1.165) is 17.1 Å². The molecule has 1 heterocycles. The van der Waals surface area contributed by atoms with E-state index in [2.05, 4.69) is 14.9 Å². The topological polar surface area (TPSA) is 80.9 Å². The number of hydrogen-bond donors (Lipinski definition) is 2. The SMILES string of the molecule is NC(CNC(=O)c1csnn1)c1ccccc1. The standard InChI is InChI=1S/C11H12N4OS/c12-9(8-4-2-1-3-5-8)6-13-11(16)10-7-17-15-14-10/h1-5,7,9H,6,12H2,(H,13,16). The van der Waals surface area contributed by atoms with Gasteiger partial charge in [-0.05, 0) is 17.1 Å². The van der Waals surface area contributed by atoms with E-state index in [1.54, 1.807) is 5.38 Å². The van der Waals surface area contributed by atoms with Crippen molar-refractivity contribution in [1.29, 1.82) is 0 Å². The third-order valence-electron chi connectivity index (χ3n) is 2.30. The number of rotatable bonds is 4. The van der Waals surface area contributed by atoms with E-state index in [9.17, 15) is 4.79 Å². The van der Waals surface area contributed by atoms with Crippen LogP contribution in [0.1, 0.15) is 22.1 Å². The molecular formula is C11H12N4OS. The van der Waals surface area contributed by atoms with Gasteiger partial charge in [-0.25, -0.2) is 0 Å². The number of carbonyl (C=O) groups is 1. The molecule has 0 aliphatic rings. The molecular weight excluding hydrogens is 236 g/mol. The number of nitrogens with zero attached hydrogens (tertiary/aromatic N) is 2. The van der Waals surface area contributed by atoms with E-state index in [1.807, 2.05) is 30.3 Å². The fraction of sp³-hybridized carbons (Fsp3) is 0.182. The molecule has 0 spiro atoms. The average Bonchev–Trinajstić information content (AvgIpc) is 2.90. The van der Waals surface area contributed by atoms with Gasteiger partial charge in [0.05, 0.1) is 0 Å². The van der Waals surface area contributed by atoms with Gasteiger partial charge < -0.3 is 11.1 Å². The highest BCUT2D eigenvalue weighted by atomic mass is 32.1. The van der Waals surface area contributed by atoms with Crippen LogP contribution >= 0.6 is 11.5 Å². The van der Waals surface area contributed by atoms with E-state index in [0.29, 0.717) is 12.2 Å². The Morgan fingerprint density at radius 3 is 2.82 bits per heavy atom. The van der Waals surface area contributed by atoms with Crippen LogP contribution in [0.25, 0.3) is 0 Å². The first-order valence-electron chi connectivity index (χ1n) is 5.13. The number of nitrogens with one attached hydrogen (secondary N) is 1. The Balaban J connectivity index is 1.89. The smallest absolute Gasteiger partial charge is 0.272 e. The van der Waals surface area contributed by atoms with Gasteiger partial charge in [0.1, 0.15) is 0 Å². The summed E-state index contributed by atoms with van der Waals surface area (Å²) in [5.41, 5.74) is 7.27. The van der Waals surface area contributed by atoms with Gasteiger partial charge in [-0.3, -0.25) is 4.79 Å². The van der Waals surface area contributed by atoms with Gasteiger partial charge in [0.2, 0.25) is 0 Å². The fourth-order valence-electron chi connectivity index (χ4n) is 1.37. The Morgan fingerprint density at radius 2 is 2.18 bits per heavy atom. The second-order valence-corrected chi connectivity index (χ2v) is 4.13. The van der Waals surface area contributed by atoms with E-state index >= 15 is 0 Å². The number of benzene rings is 1. The number of aromatic nitrogens is 2. The molecule has 0 saturated heterocycles. The first-order valence-corrected chi connectivity index (χ1v) is 5.97. The lowest BCUT2D eigenvalue weighted by Crippen LogP contribution is -2.32. The van der Waals surface area contributed by atoms with Crippen molar-refractivity contribution >= 4 is 17.4 Å². The van der Waals surface area contributed by atoms with Crippen LogP contribution in [0.2, 0.25) is 0 Å². The van der Waals surface area contributed by atoms with Gasteiger partial charge in [-0.1, -0.05) is 34.8 Å². The highest BCUT2D eigenvalue weighted by molar-refractivity contribution is 7.03. The summed E-state index contributed by atoms with van der Waals surface area (Å²) in [5, 5.41) is 8.01. The highest BCUT2D eigenvalue weighted by Gasteiger charge is 2.11. The average molecular weight is 248 g/mol. The van der Waals surface area contributed by atoms with Crippen molar-refractivity contribution in [3.63, 3.8) is 0 Å². The van der Waals surface area contributed by atoms with Crippen molar-refractivity contribution in [3.05, 3.63) is 47.0 Å². The molecule has 1 unspecified atom stereocenters. The Bertz CT molecular complexity index is 471. The van der Waals surface area contributed by atoms with Crippen molar-refractivity contribution in [3.8, 4) is 0 Å². The number of carbonyl (C=O) groups excluding carboxylic acids is 1. The lowest BCUT2D eigenvalue weighted by molar-refractivity contribution is 0.0946.